The number of hydrogen-bond acceptors (Lipinski definition) is 4. The van der Waals surface area contributed by atoms with E-state index >= 15 is 0 Å². The molecular formula is C23H16BrN3S. The van der Waals surface area contributed by atoms with Crippen LogP contribution in [0.3, 0.4) is 0 Å². The highest BCUT2D eigenvalue weighted by Crippen LogP contribution is 2.41. The van der Waals surface area contributed by atoms with Crippen LogP contribution in [0.5, 0.6) is 0 Å². The third kappa shape index (κ3) is 2.97. The fourth-order valence-corrected chi connectivity index (χ4v) is 4.84. The maximum atomic E-state index is 4.60. The number of rotatable bonds is 3. The van der Waals surface area contributed by atoms with Crippen LogP contribution in [0.25, 0.3) is 32.1 Å². The normalized spacial score (nSPS) is 11.2. The van der Waals surface area contributed by atoms with E-state index in [4.69, 9.17) is 0 Å². The van der Waals surface area contributed by atoms with E-state index < -0.39 is 0 Å². The number of hydrogen-bond donors (Lipinski definition) is 1. The summed E-state index contributed by atoms with van der Waals surface area (Å²) in [6.45, 7) is 2.14. The summed E-state index contributed by atoms with van der Waals surface area (Å²) in [5.41, 5.74) is 3.40. The Labute approximate surface area is 175 Å². The van der Waals surface area contributed by atoms with Gasteiger partial charge >= 0.3 is 0 Å². The SMILES string of the molecule is Cc1sc2ncnc(Nc3cccc4ccccc34)c2c1-c1ccc(Br)cc1. The van der Waals surface area contributed by atoms with Gasteiger partial charge in [0.05, 0.1) is 5.39 Å². The molecule has 0 fully saturated rings. The van der Waals surface area contributed by atoms with Crippen LogP contribution < -0.4 is 5.32 Å². The first-order valence-electron chi connectivity index (χ1n) is 8.95. The summed E-state index contributed by atoms with van der Waals surface area (Å²) >= 11 is 5.23. The topological polar surface area (TPSA) is 37.8 Å². The second kappa shape index (κ2) is 7.00. The maximum absolute atomic E-state index is 4.60. The molecule has 0 saturated carbocycles. The molecule has 2 aromatic heterocycles. The Morgan fingerprint density at radius 1 is 0.893 bits per heavy atom. The quantitative estimate of drug-likeness (QED) is 0.315. The molecule has 1 N–H and O–H groups in total. The van der Waals surface area contributed by atoms with Crippen LogP contribution in [0.15, 0.2) is 77.5 Å². The maximum Gasteiger partial charge on any atom is 0.143 e. The molecule has 0 saturated heterocycles. The lowest BCUT2D eigenvalue weighted by Gasteiger charge is -2.11. The minimum absolute atomic E-state index is 0.837. The molecule has 5 heteroatoms. The zero-order valence-corrected chi connectivity index (χ0v) is 17.5. The molecule has 0 bridgehead atoms. The standard InChI is InChI=1S/C23H16BrN3S/c1-14-20(16-9-11-17(24)12-10-16)21-22(25-13-26-23(21)28-14)27-19-8-4-6-15-5-2-3-7-18(15)19/h2-13H,1H3,(H,25,26,27). The summed E-state index contributed by atoms with van der Waals surface area (Å²) in [4.78, 5) is 11.4. The average Bonchev–Trinajstić information content (AvgIpc) is 3.06. The van der Waals surface area contributed by atoms with Crippen LogP contribution in [-0.4, -0.2) is 9.97 Å². The van der Waals surface area contributed by atoms with Gasteiger partial charge in [-0.15, -0.1) is 11.3 Å². The molecular weight excluding hydrogens is 430 g/mol. The van der Waals surface area contributed by atoms with E-state index in [2.05, 4.69) is 105 Å². The van der Waals surface area contributed by atoms with Crippen LogP contribution >= 0.6 is 27.3 Å². The number of fused-ring (bicyclic) bond motifs is 2. The molecule has 0 radical (unpaired) electrons. The highest BCUT2D eigenvalue weighted by atomic mass is 79.9. The third-order valence-corrected chi connectivity index (χ3v) is 6.38. The summed E-state index contributed by atoms with van der Waals surface area (Å²) in [6, 6.07) is 23.1. The highest BCUT2D eigenvalue weighted by Gasteiger charge is 2.17. The second-order valence-corrected chi connectivity index (χ2v) is 8.71. The smallest absolute Gasteiger partial charge is 0.143 e. The molecule has 3 nitrogen and oxygen atoms in total. The molecule has 0 aliphatic heterocycles. The second-order valence-electron chi connectivity index (χ2n) is 6.59. The molecule has 0 amide bonds. The van der Waals surface area contributed by atoms with Crippen LogP contribution in [0, 0.1) is 6.92 Å². The molecule has 0 unspecified atom stereocenters. The van der Waals surface area contributed by atoms with E-state index in [0.29, 0.717) is 0 Å². The molecule has 5 aromatic rings. The van der Waals surface area contributed by atoms with Crippen molar-refractivity contribution in [2.24, 2.45) is 0 Å². The Balaban J connectivity index is 1.71. The van der Waals surface area contributed by atoms with E-state index in [-0.39, 0.29) is 0 Å². The van der Waals surface area contributed by atoms with Crippen molar-refractivity contribution in [3.05, 3.63) is 82.4 Å². The van der Waals surface area contributed by atoms with Gasteiger partial charge in [-0.1, -0.05) is 64.5 Å². The van der Waals surface area contributed by atoms with E-state index in [1.807, 2.05) is 0 Å². The van der Waals surface area contributed by atoms with Gasteiger partial charge in [-0.25, -0.2) is 9.97 Å². The van der Waals surface area contributed by atoms with Gasteiger partial charge in [-0.05, 0) is 36.1 Å². The fourth-order valence-electron chi connectivity index (χ4n) is 3.57. The van der Waals surface area contributed by atoms with Crippen LogP contribution in [0.4, 0.5) is 11.5 Å². The Morgan fingerprint density at radius 2 is 1.68 bits per heavy atom. The molecule has 0 aliphatic carbocycles. The highest BCUT2D eigenvalue weighted by molar-refractivity contribution is 9.10. The van der Waals surface area contributed by atoms with E-state index in [0.717, 1.165) is 26.2 Å². The van der Waals surface area contributed by atoms with Crippen LogP contribution in [0.1, 0.15) is 4.88 Å². The van der Waals surface area contributed by atoms with Crippen molar-refractivity contribution in [2.45, 2.75) is 6.92 Å². The first-order valence-corrected chi connectivity index (χ1v) is 10.6. The Morgan fingerprint density at radius 3 is 2.54 bits per heavy atom. The fraction of sp³-hybridized carbons (Fsp3) is 0.0435. The van der Waals surface area contributed by atoms with Crippen LogP contribution in [0.2, 0.25) is 0 Å². The van der Waals surface area contributed by atoms with Gasteiger partial charge in [0.25, 0.3) is 0 Å². The number of halogens is 1. The summed E-state index contributed by atoms with van der Waals surface area (Å²) in [7, 11) is 0. The predicted octanol–water partition coefficient (Wildman–Crippen LogP) is 7.33. The van der Waals surface area contributed by atoms with Crippen LogP contribution in [-0.2, 0) is 0 Å². The lowest BCUT2D eigenvalue weighted by molar-refractivity contribution is 1.23. The van der Waals surface area contributed by atoms with Gasteiger partial charge in [0.15, 0.2) is 0 Å². The molecule has 0 atom stereocenters. The lowest BCUT2D eigenvalue weighted by atomic mass is 10.0. The number of benzene rings is 3. The van der Waals surface area contributed by atoms with Gasteiger partial charge in [0.1, 0.15) is 17.0 Å². The molecule has 0 aliphatic rings. The predicted molar refractivity (Wildman–Crippen MR) is 123 cm³/mol. The minimum Gasteiger partial charge on any atom is -0.339 e. The van der Waals surface area contributed by atoms with Crippen molar-refractivity contribution in [3.63, 3.8) is 0 Å². The molecule has 28 heavy (non-hydrogen) atoms. The van der Waals surface area contributed by atoms with Crippen molar-refractivity contribution in [1.82, 2.24) is 9.97 Å². The molecule has 3 aromatic carbocycles. The van der Waals surface area contributed by atoms with Crippen molar-refractivity contribution in [3.8, 4) is 11.1 Å². The summed E-state index contributed by atoms with van der Waals surface area (Å²) in [5, 5.41) is 7.02. The number of nitrogens with one attached hydrogen (secondary N) is 1. The zero-order chi connectivity index (χ0) is 19.1. The number of anilines is 2. The monoisotopic (exact) mass is 445 g/mol. The summed E-state index contributed by atoms with van der Waals surface area (Å²) < 4.78 is 1.07. The van der Waals surface area contributed by atoms with E-state index in [1.165, 1.54) is 26.8 Å². The van der Waals surface area contributed by atoms with Crippen molar-refractivity contribution >= 4 is 59.8 Å². The Bertz CT molecular complexity index is 1300. The molecule has 0 spiro atoms. The van der Waals surface area contributed by atoms with Crippen molar-refractivity contribution in [1.29, 1.82) is 0 Å². The summed E-state index contributed by atoms with van der Waals surface area (Å²) in [6.07, 6.45) is 1.64. The first-order chi connectivity index (χ1) is 13.7. The zero-order valence-electron chi connectivity index (χ0n) is 15.1. The van der Waals surface area contributed by atoms with Crippen molar-refractivity contribution < 1.29 is 0 Å². The lowest BCUT2D eigenvalue weighted by Crippen LogP contribution is -1.96. The molecule has 5 rings (SSSR count). The Hall–Kier alpha value is -2.76. The number of thiophene rings is 1. The van der Waals surface area contributed by atoms with Gasteiger partial charge in [-0.2, -0.15) is 0 Å². The molecule has 136 valence electrons. The average molecular weight is 446 g/mol. The molecule has 2 heterocycles. The van der Waals surface area contributed by atoms with Gasteiger partial charge in [0, 0.05) is 26.0 Å². The van der Waals surface area contributed by atoms with Gasteiger partial charge in [-0.3, -0.25) is 0 Å². The van der Waals surface area contributed by atoms with Gasteiger partial charge < -0.3 is 5.32 Å². The number of aromatic nitrogens is 2. The van der Waals surface area contributed by atoms with Crippen molar-refractivity contribution in [2.75, 3.05) is 5.32 Å². The van der Waals surface area contributed by atoms with E-state index in [9.17, 15) is 0 Å². The number of nitrogens with zero attached hydrogens (tertiary/aromatic N) is 2. The third-order valence-electron chi connectivity index (χ3n) is 4.84. The first kappa shape index (κ1) is 17.3. The summed E-state index contributed by atoms with van der Waals surface area (Å²) in [5.74, 6) is 0.837. The van der Waals surface area contributed by atoms with Gasteiger partial charge in [0.2, 0.25) is 0 Å². The van der Waals surface area contributed by atoms with E-state index in [1.54, 1.807) is 17.7 Å². The largest absolute Gasteiger partial charge is 0.339 e. The Kier molecular flexibility index (Phi) is 4.34. The number of aryl methyl sites for hydroxylation is 1. The minimum atomic E-state index is 0.837.